The zero-order valence-electron chi connectivity index (χ0n) is 15.8. The minimum Gasteiger partial charge on any atom is -0.468 e. The van der Waals surface area contributed by atoms with Crippen LogP contribution in [0.5, 0.6) is 0 Å². The van der Waals surface area contributed by atoms with Crippen molar-refractivity contribution in [3.8, 4) is 11.4 Å². The van der Waals surface area contributed by atoms with E-state index in [1.54, 1.807) is 18.3 Å². The average molecular weight is 365 g/mol. The first-order chi connectivity index (χ1) is 12.1. The van der Waals surface area contributed by atoms with Crippen molar-refractivity contribution >= 4 is 23.6 Å². The van der Waals surface area contributed by atoms with Crippen molar-refractivity contribution in [2.75, 3.05) is 24.6 Å². The molecule has 138 valence electrons. The molecule has 0 amide bonds. The molecule has 2 heterocycles. The highest BCUT2D eigenvalue weighted by molar-refractivity contribution is 7.11. The number of nitrogens with zero attached hydrogens (tertiary/aromatic N) is 4. The highest BCUT2D eigenvalue weighted by Gasteiger charge is 2.11. The van der Waals surface area contributed by atoms with Crippen LogP contribution in [0.4, 0.5) is 5.82 Å². The molecule has 0 aliphatic heterocycles. The van der Waals surface area contributed by atoms with Gasteiger partial charge in [-0.15, -0.1) is 11.3 Å². The van der Waals surface area contributed by atoms with Crippen LogP contribution in [0, 0.1) is 13.8 Å². The van der Waals surface area contributed by atoms with Gasteiger partial charge in [0.25, 0.3) is 6.47 Å². The van der Waals surface area contributed by atoms with Crippen LogP contribution < -0.4 is 4.90 Å². The van der Waals surface area contributed by atoms with E-state index in [-0.39, 0.29) is 0 Å². The Hall–Kier alpha value is -2.02. The highest BCUT2D eigenvalue weighted by Crippen LogP contribution is 2.25. The fraction of sp³-hybridized carbons (Fsp3) is 0.556. The van der Waals surface area contributed by atoms with Crippen molar-refractivity contribution < 1.29 is 9.53 Å². The number of carbonyl (C=O) groups excluding carboxylic acids is 1. The van der Waals surface area contributed by atoms with E-state index in [1.807, 2.05) is 19.3 Å². The molecule has 0 bridgehead atoms. The van der Waals surface area contributed by atoms with Crippen LogP contribution in [0.1, 0.15) is 43.5 Å². The van der Waals surface area contributed by atoms with E-state index >= 15 is 0 Å². The number of anilines is 1. The van der Waals surface area contributed by atoms with Crippen LogP contribution in [0.3, 0.4) is 0 Å². The monoisotopic (exact) mass is 364 g/mol. The zero-order valence-corrected chi connectivity index (χ0v) is 16.6. The molecule has 2 aromatic rings. The zero-order chi connectivity index (χ0) is 18.7. The Morgan fingerprint density at radius 2 is 1.80 bits per heavy atom. The van der Waals surface area contributed by atoms with Gasteiger partial charge in [-0.05, 0) is 33.6 Å². The normalized spacial score (nSPS) is 9.96. The smallest absolute Gasteiger partial charge is 0.293 e. The third-order valence-electron chi connectivity index (χ3n) is 3.33. The molecular formula is C18H28N4O2S. The second-order valence-electron chi connectivity index (χ2n) is 5.44. The summed E-state index contributed by atoms with van der Waals surface area (Å²) < 4.78 is 4.15. The van der Waals surface area contributed by atoms with Crippen LogP contribution in [-0.2, 0) is 9.53 Å². The molecule has 6 nitrogen and oxygen atoms in total. The van der Waals surface area contributed by atoms with E-state index in [0.29, 0.717) is 13.1 Å². The van der Waals surface area contributed by atoms with Crippen molar-refractivity contribution in [1.82, 2.24) is 15.0 Å². The van der Waals surface area contributed by atoms with Gasteiger partial charge in [0.2, 0.25) is 0 Å². The summed E-state index contributed by atoms with van der Waals surface area (Å²) in [5, 5.41) is 1.07. The lowest BCUT2D eigenvalue weighted by atomic mass is 10.3. The Morgan fingerprint density at radius 3 is 2.16 bits per heavy atom. The fourth-order valence-electron chi connectivity index (χ4n) is 2.32. The van der Waals surface area contributed by atoms with E-state index in [9.17, 15) is 4.79 Å². The number of aromatic nitrogens is 3. The van der Waals surface area contributed by atoms with E-state index in [4.69, 9.17) is 0 Å². The van der Waals surface area contributed by atoms with Gasteiger partial charge in [-0.25, -0.2) is 15.0 Å². The summed E-state index contributed by atoms with van der Waals surface area (Å²) in [7, 11) is 0. The molecule has 0 radical (unpaired) electrons. The van der Waals surface area contributed by atoms with Gasteiger partial charge in [0.1, 0.15) is 17.2 Å². The van der Waals surface area contributed by atoms with Crippen LogP contribution in [0.25, 0.3) is 11.4 Å². The number of hydrogen-bond donors (Lipinski definition) is 0. The first-order valence-corrected chi connectivity index (χ1v) is 9.45. The first kappa shape index (κ1) is 21.0. The highest BCUT2D eigenvalue weighted by atomic mass is 32.1. The van der Waals surface area contributed by atoms with Gasteiger partial charge in [0.15, 0.2) is 0 Å². The Balaban J connectivity index is 0.000000550. The molecule has 0 fully saturated rings. The summed E-state index contributed by atoms with van der Waals surface area (Å²) in [5.41, 5.74) is 1.83. The van der Waals surface area contributed by atoms with Gasteiger partial charge in [-0.2, -0.15) is 0 Å². The number of thiazole rings is 1. The largest absolute Gasteiger partial charge is 0.468 e. The third-order valence-corrected chi connectivity index (χ3v) is 4.22. The Labute approximate surface area is 154 Å². The SMILES string of the molecule is CCCN(CCC)c1cnc(-c2nc(C)sc2C)cn1.CCOC=O. The number of carbonyl (C=O) groups is 1. The Kier molecular flexibility index (Phi) is 9.69. The van der Waals surface area contributed by atoms with Gasteiger partial charge in [0.05, 0.1) is 24.0 Å². The maximum absolute atomic E-state index is 9.18. The number of rotatable bonds is 8. The van der Waals surface area contributed by atoms with Crippen molar-refractivity contribution in [2.45, 2.75) is 47.5 Å². The summed E-state index contributed by atoms with van der Waals surface area (Å²) in [5.74, 6) is 0.960. The molecule has 2 aromatic heterocycles. The van der Waals surface area contributed by atoms with Crippen LogP contribution >= 0.6 is 11.3 Å². The maximum Gasteiger partial charge on any atom is 0.293 e. The second-order valence-corrected chi connectivity index (χ2v) is 6.84. The molecule has 0 atom stereocenters. The predicted octanol–water partition coefficient (Wildman–Crippen LogP) is 4.02. The van der Waals surface area contributed by atoms with Crippen LogP contribution in [0.15, 0.2) is 12.4 Å². The molecular weight excluding hydrogens is 336 g/mol. The standard InChI is InChI=1S/C15H22N4S.C3H6O2/c1-5-7-19(8-6-2)14-10-16-13(9-17-14)15-11(3)20-12(4)18-15;1-2-5-3-4/h9-10H,5-8H2,1-4H3;3H,2H2,1H3. The summed E-state index contributed by atoms with van der Waals surface area (Å²) in [6, 6.07) is 0. The van der Waals surface area contributed by atoms with Gasteiger partial charge in [-0.3, -0.25) is 4.79 Å². The minimum absolute atomic E-state index is 0.431. The van der Waals surface area contributed by atoms with Crippen molar-refractivity contribution in [3.05, 3.63) is 22.3 Å². The predicted molar refractivity (Wildman–Crippen MR) is 103 cm³/mol. The molecule has 25 heavy (non-hydrogen) atoms. The molecule has 0 aliphatic rings. The van der Waals surface area contributed by atoms with Crippen molar-refractivity contribution in [3.63, 3.8) is 0 Å². The molecule has 0 aromatic carbocycles. The molecule has 0 saturated carbocycles. The van der Waals surface area contributed by atoms with Crippen LogP contribution in [-0.4, -0.2) is 41.1 Å². The van der Waals surface area contributed by atoms with Gasteiger partial charge in [-0.1, -0.05) is 13.8 Å². The quantitative estimate of drug-likeness (QED) is 0.659. The Morgan fingerprint density at radius 1 is 1.12 bits per heavy atom. The topological polar surface area (TPSA) is 68.2 Å². The molecule has 0 saturated heterocycles. The van der Waals surface area contributed by atoms with Gasteiger partial charge >= 0.3 is 0 Å². The molecule has 0 spiro atoms. The van der Waals surface area contributed by atoms with E-state index in [2.05, 4.69) is 45.4 Å². The molecule has 0 aliphatic carbocycles. The molecule has 7 heteroatoms. The molecule has 0 unspecified atom stereocenters. The first-order valence-electron chi connectivity index (χ1n) is 8.63. The van der Waals surface area contributed by atoms with E-state index in [0.717, 1.165) is 48.1 Å². The van der Waals surface area contributed by atoms with E-state index < -0.39 is 0 Å². The van der Waals surface area contributed by atoms with Crippen molar-refractivity contribution in [1.29, 1.82) is 0 Å². The minimum atomic E-state index is 0.431. The van der Waals surface area contributed by atoms with Crippen molar-refractivity contribution in [2.24, 2.45) is 0 Å². The summed E-state index contributed by atoms with van der Waals surface area (Å²) in [6.07, 6.45) is 5.95. The number of hydrogen-bond acceptors (Lipinski definition) is 7. The summed E-state index contributed by atoms with van der Waals surface area (Å²) >= 11 is 1.70. The summed E-state index contributed by atoms with van der Waals surface area (Å²) in [4.78, 5) is 26.3. The summed E-state index contributed by atoms with van der Waals surface area (Å²) in [6.45, 7) is 13.2. The van der Waals surface area contributed by atoms with E-state index in [1.165, 1.54) is 4.88 Å². The number of ether oxygens (including phenoxy) is 1. The van der Waals surface area contributed by atoms with Gasteiger partial charge in [0, 0.05) is 18.0 Å². The molecule has 2 rings (SSSR count). The maximum atomic E-state index is 9.18. The Bertz CT molecular complexity index is 623. The lowest BCUT2D eigenvalue weighted by Gasteiger charge is -2.22. The average Bonchev–Trinajstić information content (AvgIpc) is 2.94. The lowest BCUT2D eigenvalue weighted by Crippen LogP contribution is -2.25. The lowest BCUT2D eigenvalue weighted by molar-refractivity contribution is -0.128. The molecule has 0 N–H and O–H groups in total. The third kappa shape index (κ3) is 6.78. The number of aryl methyl sites for hydroxylation is 2. The second kappa shape index (κ2) is 11.5. The van der Waals surface area contributed by atoms with Crippen LogP contribution in [0.2, 0.25) is 0 Å². The van der Waals surface area contributed by atoms with Gasteiger partial charge < -0.3 is 9.64 Å². The fourth-order valence-corrected chi connectivity index (χ4v) is 3.15.